The van der Waals surface area contributed by atoms with Crippen molar-refractivity contribution in [3.63, 3.8) is 0 Å². The average Bonchev–Trinajstić information content (AvgIpc) is 3.24. The maximum Gasteiger partial charge on any atom is 0.124 e. The molecule has 1 heterocycles. The minimum absolute atomic E-state index is 0.219. The second kappa shape index (κ2) is 10.7. The van der Waals surface area contributed by atoms with Crippen molar-refractivity contribution in [2.24, 2.45) is 0 Å². The van der Waals surface area contributed by atoms with Crippen LogP contribution in [0.5, 0.6) is 5.75 Å². The maximum atomic E-state index is 5.25. The lowest BCUT2D eigenvalue weighted by molar-refractivity contribution is 0.414. The van der Waals surface area contributed by atoms with Crippen LogP contribution in [0.4, 0.5) is 0 Å². The number of hydrogen-bond acceptors (Lipinski definition) is 3. The van der Waals surface area contributed by atoms with Gasteiger partial charge in [-0.15, -0.1) is 0 Å². The van der Waals surface area contributed by atoms with Crippen molar-refractivity contribution in [3.8, 4) is 17.0 Å². The Bertz CT molecular complexity index is 811. The van der Waals surface area contributed by atoms with E-state index in [0.717, 1.165) is 35.8 Å². The Labute approximate surface area is 168 Å². The molecule has 0 bridgehead atoms. The Morgan fingerprint density at radius 1 is 1.00 bits per heavy atom. The van der Waals surface area contributed by atoms with E-state index in [9.17, 15) is 0 Å². The molecule has 148 valence electrons. The zero-order chi connectivity index (χ0) is 19.6. The Hall–Kier alpha value is -2.59. The molecule has 0 spiro atoms. The standard InChI is InChI=1S/C24H31N3O/c1-3-4-5-9-12-22(25-17-19-13-15-21(28-2)16-14-19)24-26-18-23(27-24)20-10-7-6-8-11-20/h6-8,10-11,13-16,18,22,25H,3-5,9,12,17H2,1-2H3,(H,26,27). The van der Waals surface area contributed by atoms with Crippen LogP contribution in [0, 0.1) is 0 Å². The van der Waals surface area contributed by atoms with E-state index in [2.05, 4.69) is 41.5 Å². The molecule has 0 saturated heterocycles. The first kappa shape index (κ1) is 20.2. The summed E-state index contributed by atoms with van der Waals surface area (Å²) in [5, 5.41) is 3.70. The molecule has 1 aromatic heterocycles. The normalized spacial score (nSPS) is 12.1. The number of benzene rings is 2. The Kier molecular flexibility index (Phi) is 7.68. The fourth-order valence-corrected chi connectivity index (χ4v) is 3.37. The molecule has 2 aromatic carbocycles. The summed E-state index contributed by atoms with van der Waals surface area (Å²) in [7, 11) is 1.70. The fraction of sp³-hybridized carbons (Fsp3) is 0.375. The summed E-state index contributed by atoms with van der Waals surface area (Å²) in [4.78, 5) is 8.29. The van der Waals surface area contributed by atoms with Crippen molar-refractivity contribution < 1.29 is 4.74 Å². The summed E-state index contributed by atoms with van der Waals surface area (Å²) in [6, 6.07) is 18.8. The number of nitrogens with one attached hydrogen (secondary N) is 2. The zero-order valence-corrected chi connectivity index (χ0v) is 16.9. The van der Waals surface area contributed by atoms with Gasteiger partial charge in [0.15, 0.2) is 0 Å². The summed E-state index contributed by atoms with van der Waals surface area (Å²) in [5.41, 5.74) is 3.39. The van der Waals surface area contributed by atoms with Gasteiger partial charge in [-0.25, -0.2) is 4.98 Å². The smallest absolute Gasteiger partial charge is 0.124 e. The van der Waals surface area contributed by atoms with Crippen molar-refractivity contribution in [2.75, 3.05) is 7.11 Å². The Morgan fingerprint density at radius 3 is 2.50 bits per heavy atom. The fourth-order valence-electron chi connectivity index (χ4n) is 3.37. The maximum absolute atomic E-state index is 5.25. The van der Waals surface area contributed by atoms with Gasteiger partial charge < -0.3 is 15.0 Å². The highest BCUT2D eigenvalue weighted by Crippen LogP contribution is 2.23. The van der Waals surface area contributed by atoms with Crippen LogP contribution < -0.4 is 10.1 Å². The Balaban J connectivity index is 1.68. The molecule has 0 radical (unpaired) electrons. The Morgan fingerprint density at radius 2 is 1.79 bits per heavy atom. The summed E-state index contributed by atoms with van der Waals surface area (Å²) >= 11 is 0. The highest BCUT2D eigenvalue weighted by molar-refractivity contribution is 5.58. The van der Waals surface area contributed by atoms with Gasteiger partial charge in [-0.3, -0.25) is 0 Å². The molecule has 3 aromatic rings. The lowest BCUT2D eigenvalue weighted by Gasteiger charge is -2.17. The second-order valence-electron chi connectivity index (χ2n) is 7.17. The molecule has 0 aliphatic carbocycles. The van der Waals surface area contributed by atoms with Gasteiger partial charge in [0.2, 0.25) is 0 Å². The van der Waals surface area contributed by atoms with Gasteiger partial charge in [0.25, 0.3) is 0 Å². The van der Waals surface area contributed by atoms with Crippen molar-refractivity contribution in [3.05, 3.63) is 72.2 Å². The number of H-pyrrole nitrogens is 1. The van der Waals surface area contributed by atoms with Crippen LogP contribution in [0.1, 0.15) is 56.5 Å². The molecule has 1 atom stereocenters. The highest BCUT2D eigenvalue weighted by atomic mass is 16.5. The van der Waals surface area contributed by atoms with Crippen molar-refractivity contribution in [1.29, 1.82) is 0 Å². The van der Waals surface area contributed by atoms with E-state index in [1.54, 1.807) is 7.11 Å². The van der Waals surface area contributed by atoms with Crippen molar-refractivity contribution >= 4 is 0 Å². The number of imidazole rings is 1. The first-order valence-corrected chi connectivity index (χ1v) is 10.3. The molecule has 0 amide bonds. The molecule has 0 saturated carbocycles. The largest absolute Gasteiger partial charge is 0.497 e. The number of ether oxygens (including phenoxy) is 1. The van der Waals surface area contributed by atoms with E-state index in [1.807, 2.05) is 36.5 Å². The van der Waals surface area contributed by atoms with Crippen molar-refractivity contribution in [1.82, 2.24) is 15.3 Å². The summed E-state index contributed by atoms with van der Waals surface area (Å²) in [5.74, 6) is 1.90. The predicted octanol–water partition coefficient (Wildman–Crippen LogP) is 5.89. The van der Waals surface area contributed by atoms with Gasteiger partial charge in [-0.1, -0.05) is 75.1 Å². The third-order valence-corrected chi connectivity index (χ3v) is 5.06. The minimum atomic E-state index is 0.219. The molecule has 2 N–H and O–H groups in total. The molecular weight excluding hydrogens is 346 g/mol. The number of nitrogens with zero attached hydrogens (tertiary/aromatic N) is 1. The molecule has 3 rings (SSSR count). The number of rotatable bonds is 11. The van der Waals surface area contributed by atoms with E-state index >= 15 is 0 Å². The molecule has 4 nitrogen and oxygen atoms in total. The van der Waals surface area contributed by atoms with Crippen LogP contribution in [-0.4, -0.2) is 17.1 Å². The van der Waals surface area contributed by atoms with Gasteiger partial charge in [0, 0.05) is 18.3 Å². The summed E-state index contributed by atoms with van der Waals surface area (Å²) < 4.78 is 5.25. The number of hydrogen-bond donors (Lipinski definition) is 2. The van der Waals surface area contributed by atoms with Gasteiger partial charge in [-0.05, 0) is 24.1 Å². The molecule has 0 aliphatic heterocycles. The van der Waals surface area contributed by atoms with E-state index in [0.29, 0.717) is 0 Å². The first-order chi connectivity index (χ1) is 13.8. The minimum Gasteiger partial charge on any atom is -0.497 e. The van der Waals surface area contributed by atoms with Crippen LogP contribution in [0.25, 0.3) is 11.3 Å². The SMILES string of the molecule is CCCCCCC(NCc1ccc(OC)cc1)c1nc(-c2ccccc2)c[nH]1. The van der Waals surface area contributed by atoms with Crippen LogP contribution in [0.15, 0.2) is 60.8 Å². The summed E-state index contributed by atoms with van der Waals surface area (Å²) in [6.07, 6.45) is 8.11. The third-order valence-electron chi connectivity index (χ3n) is 5.06. The van der Waals surface area contributed by atoms with Crippen LogP contribution >= 0.6 is 0 Å². The third kappa shape index (κ3) is 5.70. The molecule has 0 aliphatic rings. The van der Waals surface area contributed by atoms with Crippen LogP contribution in [0.3, 0.4) is 0 Å². The van der Waals surface area contributed by atoms with Gasteiger partial charge in [-0.2, -0.15) is 0 Å². The highest BCUT2D eigenvalue weighted by Gasteiger charge is 2.15. The number of aromatic amines is 1. The second-order valence-corrected chi connectivity index (χ2v) is 7.17. The number of aromatic nitrogens is 2. The molecule has 28 heavy (non-hydrogen) atoms. The predicted molar refractivity (Wildman–Crippen MR) is 115 cm³/mol. The van der Waals surface area contributed by atoms with Crippen LogP contribution in [0.2, 0.25) is 0 Å². The van der Waals surface area contributed by atoms with E-state index < -0.39 is 0 Å². The average molecular weight is 378 g/mol. The van der Waals surface area contributed by atoms with Crippen LogP contribution in [-0.2, 0) is 6.54 Å². The molecular formula is C24H31N3O. The van der Waals surface area contributed by atoms with E-state index in [4.69, 9.17) is 9.72 Å². The van der Waals surface area contributed by atoms with Gasteiger partial charge in [0.05, 0.1) is 18.8 Å². The lowest BCUT2D eigenvalue weighted by Crippen LogP contribution is -2.22. The molecule has 4 heteroatoms. The molecule has 1 unspecified atom stereocenters. The number of unbranched alkanes of at least 4 members (excludes halogenated alkanes) is 3. The first-order valence-electron chi connectivity index (χ1n) is 10.3. The van der Waals surface area contributed by atoms with Gasteiger partial charge in [0.1, 0.15) is 11.6 Å². The van der Waals surface area contributed by atoms with Gasteiger partial charge >= 0.3 is 0 Å². The number of methoxy groups -OCH3 is 1. The lowest BCUT2D eigenvalue weighted by atomic mass is 10.1. The molecule has 0 fully saturated rings. The van der Waals surface area contributed by atoms with Crippen molar-refractivity contribution in [2.45, 2.75) is 51.6 Å². The quantitative estimate of drug-likeness (QED) is 0.410. The zero-order valence-electron chi connectivity index (χ0n) is 16.9. The topological polar surface area (TPSA) is 49.9 Å². The van der Waals surface area contributed by atoms with E-state index in [1.165, 1.54) is 31.2 Å². The summed E-state index contributed by atoms with van der Waals surface area (Å²) in [6.45, 7) is 3.06. The van der Waals surface area contributed by atoms with E-state index in [-0.39, 0.29) is 6.04 Å². The monoisotopic (exact) mass is 377 g/mol.